The number of aromatic nitrogens is 1. The predicted octanol–water partition coefficient (Wildman–Crippen LogP) is 3.01. The smallest absolute Gasteiger partial charge is 0.183 e. The van der Waals surface area contributed by atoms with Crippen LogP contribution in [-0.2, 0) is 0 Å². The molecular formula is C12H14FN3S. The van der Waals surface area contributed by atoms with Gasteiger partial charge in [0.25, 0.3) is 0 Å². The standard InChI is InChI=1S/C12H14FN3S/c1-7(14)11-10(16-12(15-2)17-11)8-3-5-9(13)6-4-8/h3-7H,14H2,1-2H3,(H,15,16). The Morgan fingerprint density at radius 1 is 1.35 bits per heavy atom. The van der Waals surface area contributed by atoms with Gasteiger partial charge in [0.05, 0.1) is 10.6 Å². The van der Waals surface area contributed by atoms with E-state index in [-0.39, 0.29) is 11.9 Å². The Kier molecular flexibility index (Phi) is 3.40. The lowest BCUT2D eigenvalue weighted by Gasteiger charge is -2.04. The van der Waals surface area contributed by atoms with Gasteiger partial charge in [-0.3, -0.25) is 0 Å². The Balaban J connectivity index is 2.49. The van der Waals surface area contributed by atoms with Gasteiger partial charge >= 0.3 is 0 Å². The monoisotopic (exact) mass is 251 g/mol. The van der Waals surface area contributed by atoms with Crippen LogP contribution in [0, 0.1) is 5.82 Å². The zero-order valence-electron chi connectivity index (χ0n) is 9.70. The minimum atomic E-state index is -0.250. The number of hydrogen-bond acceptors (Lipinski definition) is 4. The quantitative estimate of drug-likeness (QED) is 0.881. The predicted molar refractivity (Wildman–Crippen MR) is 69.7 cm³/mol. The van der Waals surface area contributed by atoms with Crippen molar-refractivity contribution in [1.82, 2.24) is 4.98 Å². The number of benzene rings is 1. The molecule has 1 unspecified atom stereocenters. The van der Waals surface area contributed by atoms with Crippen LogP contribution in [0.3, 0.4) is 0 Å². The number of nitrogens with two attached hydrogens (primary N) is 1. The highest BCUT2D eigenvalue weighted by atomic mass is 32.1. The van der Waals surface area contributed by atoms with Gasteiger partial charge in [-0.15, -0.1) is 0 Å². The molecule has 3 N–H and O–H groups in total. The van der Waals surface area contributed by atoms with E-state index in [1.165, 1.54) is 23.5 Å². The van der Waals surface area contributed by atoms with Gasteiger partial charge < -0.3 is 11.1 Å². The molecule has 1 aromatic heterocycles. The maximum Gasteiger partial charge on any atom is 0.183 e. The first-order valence-corrected chi connectivity index (χ1v) is 6.13. The van der Waals surface area contributed by atoms with Crippen molar-refractivity contribution in [2.24, 2.45) is 5.73 Å². The summed E-state index contributed by atoms with van der Waals surface area (Å²) in [5.74, 6) is -0.250. The first-order valence-electron chi connectivity index (χ1n) is 5.32. The molecule has 17 heavy (non-hydrogen) atoms. The SMILES string of the molecule is CNc1nc(-c2ccc(F)cc2)c(C(C)N)s1. The normalized spacial score (nSPS) is 12.5. The van der Waals surface area contributed by atoms with E-state index in [0.29, 0.717) is 0 Å². The fraction of sp³-hybridized carbons (Fsp3) is 0.250. The highest BCUT2D eigenvalue weighted by Gasteiger charge is 2.15. The summed E-state index contributed by atoms with van der Waals surface area (Å²) in [6, 6.07) is 6.21. The molecule has 2 rings (SSSR count). The van der Waals surface area contributed by atoms with Crippen molar-refractivity contribution in [3.63, 3.8) is 0 Å². The first-order chi connectivity index (χ1) is 8.11. The molecule has 0 radical (unpaired) electrons. The number of nitrogens with one attached hydrogen (secondary N) is 1. The van der Waals surface area contributed by atoms with Gasteiger partial charge in [-0.1, -0.05) is 11.3 Å². The molecule has 90 valence electrons. The molecule has 1 aromatic carbocycles. The van der Waals surface area contributed by atoms with Gasteiger partial charge in [0.15, 0.2) is 5.13 Å². The summed E-state index contributed by atoms with van der Waals surface area (Å²) in [5.41, 5.74) is 7.63. The Hall–Kier alpha value is -1.46. The largest absolute Gasteiger partial charge is 0.365 e. The van der Waals surface area contributed by atoms with Gasteiger partial charge in [-0.25, -0.2) is 9.37 Å². The Bertz CT molecular complexity index is 505. The van der Waals surface area contributed by atoms with Crippen LogP contribution in [0.5, 0.6) is 0 Å². The molecule has 0 bridgehead atoms. The molecular weight excluding hydrogens is 237 g/mol. The molecule has 0 aliphatic rings. The second-order valence-corrected chi connectivity index (χ2v) is 4.81. The van der Waals surface area contributed by atoms with Crippen LogP contribution >= 0.6 is 11.3 Å². The fourth-order valence-electron chi connectivity index (χ4n) is 1.56. The molecule has 0 aliphatic heterocycles. The van der Waals surface area contributed by atoms with E-state index in [9.17, 15) is 4.39 Å². The van der Waals surface area contributed by atoms with Gasteiger partial charge in [-0.2, -0.15) is 0 Å². The number of hydrogen-bond donors (Lipinski definition) is 2. The van der Waals surface area contributed by atoms with E-state index in [2.05, 4.69) is 10.3 Å². The number of rotatable bonds is 3. The molecule has 0 fully saturated rings. The van der Waals surface area contributed by atoms with Crippen LogP contribution < -0.4 is 11.1 Å². The van der Waals surface area contributed by atoms with E-state index >= 15 is 0 Å². The summed E-state index contributed by atoms with van der Waals surface area (Å²) in [5, 5.41) is 3.82. The second kappa shape index (κ2) is 4.81. The van der Waals surface area contributed by atoms with Crippen molar-refractivity contribution < 1.29 is 4.39 Å². The Morgan fingerprint density at radius 3 is 2.53 bits per heavy atom. The van der Waals surface area contributed by atoms with Crippen LogP contribution in [0.15, 0.2) is 24.3 Å². The van der Waals surface area contributed by atoms with Crippen LogP contribution in [0.2, 0.25) is 0 Å². The van der Waals surface area contributed by atoms with Crippen molar-refractivity contribution in [2.75, 3.05) is 12.4 Å². The van der Waals surface area contributed by atoms with Gasteiger partial charge in [0, 0.05) is 18.7 Å². The van der Waals surface area contributed by atoms with Crippen molar-refractivity contribution in [2.45, 2.75) is 13.0 Å². The average Bonchev–Trinajstić information content (AvgIpc) is 2.74. The molecule has 0 aliphatic carbocycles. The average molecular weight is 251 g/mol. The summed E-state index contributed by atoms with van der Waals surface area (Å²) in [6.45, 7) is 1.92. The topological polar surface area (TPSA) is 50.9 Å². The lowest BCUT2D eigenvalue weighted by Crippen LogP contribution is -2.04. The molecule has 2 aromatic rings. The Morgan fingerprint density at radius 2 is 2.00 bits per heavy atom. The van der Waals surface area contributed by atoms with Crippen molar-refractivity contribution >= 4 is 16.5 Å². The fourth-order valence-corrected chi connectivity index (χ4v) is 2.46. The highest BCUT2D eigenvalue weighted by Crippen LogP contribution is 2.34. The summed E-state index contributed by atoms with van der Waals surface area (Å²) in [6.07, 6.45) is 0. The van der Waals surface area contributed by atoms with Gasteiger partial charge in [-0.05, 0) is 31.2 Å². The maximum atomic E-state index is 12.9. The van der Waals surface area contributed by atoms with Crippen LogP contribution in [0.1, 0.15) is 17.8 Å². The minimum absolute atomic E-state index is 0.0883. The Labute approximate surface area is 103 Å². The molecule has 1 heterocycles. The summed E-state index contributed by atoms with van der Waals surface area (Å²) >= 11 is 1.53. The number of thiazole rings is 1. The number of anilines is 1. The number of nitrogens with zero attached hydrogens (tertiary/aromatic N) is 1. The van der Waals surface area contributed by atoms with Crippen molar-refractivity contribution in [3.8, 4) is 11.3 Å². The van der Waals surface area contributed by atoms with E-state index in [4.69, 9.17) is 5.73 Å². The zero-order chi connectivity index (χ0) is 12.4. The third kappa shape index (κ3) is 2.45. The molecule has 5 heteroatoms. The summed E-state index contributed by atoms with van der Waals surface area (Å²) < 4.78 is 12.9. The molecule has 0 saturated carbocycles. The molecule has 1 atom stereocenters. The lowest BCUT2D eigenvalue weighted by molar-refractivity contribution is 0.628. The van der Waals surface area contributed by atoms with E-state index in [1.54, 1.807) is 12.1 Å². The first kappa shape index (κ1) is 12.0. The third-order valence-corrected chi connectivity index (χ3v) is 3.67. The molecule has 3 nitrogen and oxygen atoms in total. The van der Waals surface area contributed by atoms with Crippen molar-refractivity contribution in [3.05, 3.63) is 35.0 Å². The van der Waals surface area contributed by atoms with Crippen LogP contribution in [-0.4, -0.2) is 12.0 Å². The molecule has 0 spiro atoms. The van der Waals surface area contributed by atoms with Crippen LogP contribution in [0.25, 0.3) is 11.3 Å². The number of halogens is 1. The summed E-state index contributed by atoms with van der Waals surface area (Å²) in [4.78, 5) is 5.46. The van der Waals surface area contributed by atoms with E-state index in [0.717, 1.165) is 21.3 Å². The van der Waals surface area contributed by atoms with Gasteiger partial charge in [0.2, 0.25) is 0 Å². The second-order valence-electron chi connectivity index (χ2n) is 3.78. The zero-order valence-corrected chi connectivity index (χ0v) is 10.5. The van der Waals surface area contributed by atoms with Gasteiger partial charge in [0.1, 0.15) is 5.82 Å². The summed E-state index contributed by atoms with van der Waals surface area (Å²) in [7, 11) is 1.82. The highest BCUT2D eigenvalue weighted by molar-refractivity contribution is 7.16. The molecule has 0 saturated heterocycles. The molecule has 0 amide bonds. The lowest BCUT2D eigenvalue weighted by atomic mass is 10.1. The van der Waals surface area contributed by atoms with E-state index < -0.39 is 0 Å². The third-order valence-electron chi connectivity index (χ3n) is 2.40. The van der Waals surface area contributed by atoms with Crippen LogP contribution in [0.4, 0.5) is 9.52 Å². The minimum Gasteiger partial charge on any atom is -0.365 e. The van der Waals surface area contributed by atoms with E-state index in [1.807, 2.05) is 14.0 Å². The van der Waals surface area contributed by atoms with Crippen molar-refractivity contribution in [1.29, 1.82) is 0 Å². The maximum absolute atomic E-state index is 12.9.